The maximum Gasteiger partial charge on any atom is 0.282 e. The number of thiophene rings is 1. The Morgan fingerprint density at radius 3 is 2.29 bits per heavy atom. The van der Waals surface area contributed by atoms with Crippen LogP contribution in [0.2, 0.25) is 0 Å². The summed E-state index contributed by atoms with van der Waals surface area (Å²) in [5.74, 6) is -0.653. The number of imide groups is 1. The van der Waals surface area contributed by atoms with Crippen molar-refractivity contribution in [3.05, 3.63) is 99.9 Å². The number of hydrogen-bond acceptors (Lipinski definition) is 4. The molecule has 2 amide bonds. The van der Waals surface area contributed by atoms with E-state index < -0.39 is 0 Å². The lowest BCUT2D eigenvalue weighted by molar-refractivity contribution is -0.120. The maximum absolute atomic E-state index is 13.6. The first-order valence-corrected chi connectivity index (χ1v) is 10.9. The van der Waals surface area contributed by atoms with Crippen LogP contribution in [0.15, 0.2) is 83.9 Å². The molecular formula is C26H20N2O2S. The average Bonchev–Trinajstić information content (AvgIpc) is 3.34. The minimum absolute atomic E-state index is 0.310. The number of carbonyl (C=O) groups excluding carboxylic acids is 2. The van der Waals surface area contributed by atoms with Crippen LogP contribution in [0.4, 0.5) is 11.4 Å². The van der Waals surface area contributed by atoms with E-state index in [2.05, 4.69) is 11.4 Å². The molecule has 2 heterocycles. The van der Waals surface area contributed by atoms with Crippen molar-refractivity contribution in [1.82, 2.24) is 0 Å². The van der Waals surface area contributed by atoms with Crippen LogP contribution in [0.3, 0.4) is 0 Å². The highest BCUT2D eigenvalue weighted by Crippen LogP contribution is 2.38. The largest absolute Gasteiger partial charge is 0.350 e. The predicted octanol–water partition coefficient (Wildman–Crippen LogP) is 5.91. The molecule has 0 atom stereocenters. The number of fused-ring (bicyclic) bond motifs is 1. The highest BCUT2D eigenvalue weighted by atomic mass is 32.1. The van der Waals surface area contributed by atoms with Gasteiger partial charge in [0.05, 0.1) is 11.3 Å². The number of aryl methyl sites for hydroxylation is 2. The summed E-state index contributed by atoms with van der Waals surface area (Å²) in [6.07, 6.45) is 0. The van der Waals surface area contributed by atoms with Gasteiger partial charge in [-0.1, -0.05) is 48.5 Å². The van der Waals surface area contributed by atoms with Crippen molar-refractivity contribution in [3.8, 4) is 0 Å². The number of anilines is 2. The van der Waals surface area contributed by atoms with E-state index >= 15 is 0 Å². The third-order valence-corrected chi connectivity index (χ3v) is 6.24. The van der Waals surface area contributed by atoms with Crippen LogP contribution in [0.5, 0.6) is 0 Å². The Kier molecular flexibility index (Phi) is 4.68. The van der Waals surface area contributed by atoms with Gasteiger partial charge in [-0.2, -0.15) is 0 Å². The molecule has 152 valence electrons. The molecule has 0 saturated carbocycles. The molecule has 1 aromatic heterocycles. The molecule has 0 unspecified atom stereocenters. The van der Waals surface area contributed by atoms with E-state index in [1.54, 1.807) is 0 Å². The summed E-state index contributed by atoms with van der Waals surface area (Å²) in [5.41, 5.74) is 4.28. The molecule has 0 bridgehead atoms. The smallest absolute Gasteiger partial charge is 0.282 e. The number of nitrogens with one attached hydrogen (secondary N) is 1. The summed E-state index contributed by atoms with van der Waals surface area (Å²) in [4.78, 5) is 29.3. The molecule has 5 heteroatoms. The van der Waals surface area contributed by atoms with Gasteiger partial charge in [-0.25, -0.2) is 4.90 Å². The molecule has 4 nitrogen and oxygen atoms in total. The molecule has 3 aromatic carbocycles. The summed E-state index contributed by atoms with van der Waals surface area (Å²) in [6.45, 7) is 4.02. The molecule has 0 fully saturated rings. The van der Waals surface area contributed by atoms with Gasteiger partial charge < -0.3 is 5.32 Å². The molecule has 5 rings (SSSR count). The first-order valence-electron chi connectivity index (χ1n) is 10.0. The van der Waals surface area contributed by atoms with Crippen molar-refractivity contribution >= 4 is 50.9 Å². The molecule has 31 heavy (non-hydrogen) atoms. The fourth-order valence-electron chi connectivity index (χ4n) is 4.11. The molecule has 4 aromatic rings. The van der Waals surface area contributed by atoms with Crippen molar-refractivity contribution in [1.29, 1.82) is 0 Å². The third kappa shape index (κ3) is 3.33. The van der Waals surface area contributed by atoms with Gasteiger partial charge in [0.2, 0.25) is 0 Å². The van der Waals surface area contributed by atoms with Gasteiger partial charge >= 0.3 is 0 Å². The number of benzene rings is 3. The van der Waals surface area contributed by atoms with Gasteiger partial charge in [0.1, 0.15) is 5.70 Å². The van der Waals surface area contributed by atoms with Crippen molar-refractivity contribution in [2.75, 3.05) is 10.2 Å². The van der Waals surface area contributed by atoms with Crippen molar-refractivity contribution in [3.63, 3.8) is 0 Å². The Morgan fingerprint density at radius 1 is 0.806 bits per heavy atom. The Hall–Kier alpha value is -3.70. The monoisotopic (exact) mass is 424 g/mol. The van der Waals surface area contributed by atoms with Crippen molar-refractivity contribution in [2.45, 2.75) is 13.8 Å². The van der Waals surface area contributed by atoms with Crippen LogP contribution in [0.25, 0.3) is 16.3 Å². The Bertz CT molecular complexity index is 1340. The zero-order chi connectivity index (χ0) is 21.5. The van der Waals surface area contributed by atoms with Crippen LogP contribution in [-0.2, 0) is 9.59 Å². The van der Waals surface area contributed by atoms with E-state index in [1.165, 1.54) is 16.2 Å². The second-order valence-corrected chi connectivity index (χ2v) is 8.62. The maximum atomic E-state index is 13.6. The van der Waals surface area contributed by atoms with E-state index in [0.29, 0.717) is 17.0 Å². The molecule has 1 aliphatic rings. The van der Waals surface area contributed by atoms with Gasteiger partial charge in [0.25, 0.3) is 11.8 Å². The van der Waals surface area contributed by atoms with Crippen LogP contribution in [0, 0.1) is 13.8 Å². The number of carbonyl (C=O) groups is 2. The molecule has 0 aliphatic carbocycles. The Morgan fingerprint density at radius 2 is 1.55 bits per heavy atom. The Balaban J connectivity index is 1.65. The topological polar surface area (TPSA) is 49.4 Å². The molecule has 1 N–H and O–H groups in total. The minimum Gasteiger partial charge on any atom is -0.350 e. The van der Waals surface area contributed by atoms with Crippen LogP contribution in [-0.4, -0.2) is 11.8 Å². The van der Waals surface area contributed by atoms with Crippen molar-refractivity contribution < 1.29 is 9.59 Å². The zero-order valence-corrected chi connectivity index (χ0v) is 18.0. The summed E-state index contributed by atoms with van der Waals surface area (Å²) >= 11 is 1.45. The second-order valence-electron chi connectivity index (χ2n) is 7.67. The van der Waals surface area contributed by atoms with E-state index in [4.69, 9.17) is 0 Å². The van der Waals surface area contributed by atoms with Crippen molar-refractivity contribution in [2.24, 2.45) is 0 Å². The average molecular weight is 425 g/mol. The number of amides is 2. The number of rotatable bonds is 4. The lowest BCUT2D eigenvalue weighted by Gasteiger charge is -2.18. The summed E-state index contributed by atoms with van der Waals surface area (Å²) in [6, 6.07) is 23.2. The molecule has 0 radical (unpaired) electrons. The minimum atomic E-state index is -0.344. The second kappa shape index (κ2) is 7.52. The summed E-state index contributed by atoms with van der Waals surface area (Å²) in [7, 11) is 0. The van der Waals surface area contributed by atoms with Crippen LogP contribution >= 0.6 is 11.3 Å². The first kappa shape index (κ1) is 19.3. The normalized spacial score (nSPS) is 14.1. The van der Waals surface area contributed by atoms with Crippen LogP contribution < -0.4 is 10.2 Å². The highest BCUT2D eigenvalue weighted by Gasteiger charge is 2.41. The fraction of sp³-hybridized carbons (Fsp3) is 0.0769. The highest BCUT2D eigenvalue weighted by molar-refractivity contribution is 7.11. The molecule has 0 spiro atoms. The van der Waals surface area contributed by atoms with Crippen LogP contribution in [0.1, 0.15) is 16.0 Å². The van der Waals surface area contributed by atoms with E-state index in [0.717, 1.165) is 32.5 Å². The van der Waals surface area contributed by atoms with E-state index in [1.807, 2.05) is 86.0 Å². The quantitative estimate of drug-likeness (QED) is 0.414. The zero-order valence-electron chi connectivity index (χ0n) is 17.2. The number of hydrogen-bond donors (Lipinski definition) is 1. The van der Waals surface area contributed by atoms with Gasteiger partial charge in [0, 0.05) is 16.0 Å². The van der Waals surface area contributed by atoms with Gasteiger partial charge in [-0.05, 0) is 60.0 Å². The predicted molar refractivity (Wildman–Crippen MR) is 127 cm³/mol. The summed E-state index contributed by atoms with van der Waals surface area (Å²) in [5, 5.41) is 7.02. The molecular weight excluding hydrogens is 404 g/mol. The Labute approximate surface area is 184 Å². The lowest BCUT2D eigenvalue weighted by Crippen LogP contribution is -2.32. The van der Waals surface area contributed by atoms with Gasteiger partial charge in [-0.15, -0.1) is 11.3 Å². The first-order chi connectivity index (χ1) is 15.0. The van der Waals surface area contributed by atoms with E-state index in [-0.39, 0.29) is 11.8 Å². The fourth-order valence-corrected chi connectivity index (χ4v) is 4.88. The SMILES string of the molecule is Cc1cc(C)cc(NC2=C(c3cccs3)C(=O)N(c3cccc4ccccc34)C2=O)c1. The lowest BCUT2D eigenvalue weighted by atomic mass is 10.1. The molecule has 0 saturated heterocycles. The van der Waals surface area contributed by atoms with Gasteiger partial charge in [-0.3, -0.25) is 9.59 Å². The molecule has 1 aliphatic heterocycles. The number of nitrogens with zero attached hydrogens (tertiary/aromatic N) is 1. The summed E-state index contributed by atoms with van der Waals surface area (Å²) < 4.78 is 0. The van der Waals surface area contributed by atoms with Gasteiger partial charge in [0.15, 0.2) is 0 Å². The van der Waals surface area contributed by atoms with E-state index in [9.17, 15) is 9.59 Å². The third-order valence-electron chi connectivity index (χ3n) is 5.35. The standard InChI is InChI=1S/C26H20N2O2S/c1-16-13-17(2)15-19(14-16)27-24-23(22-11-6-12-31-22)25(29)28(26(24)30)21-10-5-8-18-7-3-4-9-20(18)21/h3-15,27H,1-2H3.